The van der Waals surface area contributed by atoms with Gasteiger partial charge in [0, 0.05) is 19.3 Å². The minimum Gasteiger partial charge on any atom is -0.364 e. The molecule has 1 atom stereocenters. The maximum Gasteiger partial charge on any atom is 0.122 e. The number of nitrogens with two attached hydrogens (primary N) is 1. The van der Waals surface area contributed by atoms with Gasteiger partial charge in [-0.15, -0.1) is 0 Å². The Balaban J connectivity index is 2.50. The largest absolute Gasteiger partial charge is 0.364 e. The molecule has 16 heavy (non-hydrogen) atoms. The van der Waals surface area contributed by atoms with E-state index in [2.05, 4.69) is 35.0 Å². The second-order valence-corrected chi connectivity index (χ2v) is 4.24. The number of hydrogen-bond donors (Lipinski definition) is 1. The SMILES string of the molecule is COCn1ccc2cccc(CC(C)N)c21. The van der Waals surface area contributed by atoms with E-state index in [1.54, 1.807) is 7.11 Å². The molecule has 0 aliphatic rings. The third kappa shape index (κ3) is 2.10. The Kier molecular flexibility index (Phi) is 3.27. The number of para-hydroxylation sites is 1. The maximum absolute atomic E-state index is 5.87. The molecule has 1 heterocycles. The monoisotopic (exact) mass is 218 g/mol. The summed E-state index contributed by atoms with van der Waals surface area (Å²) in [6.45, 7) is 2.61. The van der Waals surface area contributed by atoms with Gasteiger partial charge in [-0.25, -0.2) is 0 Å². The van der Waals surface area contributed by atoms with Crippen molar-refractivity contribution in [3.05, 3.63) is 36.0 Å². The lowest BCUT2D eigenvalue weighted by molar-refractivity contribution is 0.135. The van der Waals surface area contributed by atoms with Gasteiger partial charge in [-0.1, -0.05) is 18.2 Å². The summed E-state index contributed by atoms with van der Waals surface area (Å²) in [5.41, 5.74) is 8.39. The molecule has 0 spiro atoms. The second-order valence-electron chi connectivity index (χ2n) is 4.24. The van der Waals surface area contributed by atoms with E-state index < -0.39 is 0 Å². The highest BCUT2D eigenvalue weighted by molar-refractivity contribution is 5.83. The normalized spacial score (nSPS) is 13.2. The first-order chi connectivity index (χ1) is 7.72. The van der Waals surface area contributed by atoms with Gasteiger partial charge in [-0.05, 0) is 30.4 Å². The van der Waals surface area contributed by atoms with E-state index in [0.717, 1.165) is 6.42 Å². The quantitative estimate of drug-likeness (QED) is 0.854. The molecule has 0 saturated heterocycles. The predicted molar refractivity (Wildman–Crippen MR) is 66.3 cm³/mol. The van der Waals surface area contributed by atoms with Crippen molar-refractivity contribution in [2.75, 3.05) is 7.11 Å². The molecule has 0 radical (unpaired) electrons. The van der Waals surface area contributed by atoms with Crippen molar-refractivity contribution in [3.63, 3.8) is 0 Å². The Bertz CT molecular complexity index is 474. The number of aromatic nitrogens is 1. The fraction of sp³-hybridized carbons (Fsp3) is 0.385. The van der Waals surface area contributed by atoms with E-state index in [0.29, 0.717) is 6.73 Å². The van der Waals surface area contributed by atoms with Gasteiger partial charge in [0.2, 0.25) is 0 Å². The van der Waals surface area contributed by atoms with Crippen LogP contribution in [0, 0.1) is 0 Å². The summed E-state index contributed by atoms with van der Waals surface area (Å²) in [6.07, 6.45) is 2.95. The van der Waals surface area contributed by atoms with Crippen LogP contribution in [0.3, 0.4) is 0 Å². The average Bonchev–Trinajstić information content (AvgIpc) is 2.62. The number of rotatable bonds is 4. The van der Waals surface area contributed by atoms with Crippen LogP contribution in [0.5, 0.6) is 0 Å². The molecule has 0 saturated carbocycles. The van der Waals surface area contributed by atoms with Gasteiger partial charge >= 0.3 is 0 Å². The molecule has 3 heteroatoms. The van der Waals surface area contributed by atoms with Crippen LogP contribution >= 0.6 is 0 Å². The molecule has 0 fully saturated rings. The van der Waals surface area contributed by atoms with Crippen molar-refractivity contribution >= 4 is 10.9 Å². The Morgan fingerprint density at radius 1 is 1.38 bits per heavy atom. The van der Waals surface area contributed by atoms with Gasteiger partial charge in [0.05, 0.1) is 5.52 Å². The minimum absolute atomic E-state index is 0.177. The van der Waals surface area contributed by atoms with Crippen molar-refractivity contribution in [1.29, 1.82) is 0 Å². The number of ether oxygens (including phenoxy) is 1. The zero-order valence-electron chi connectivity index (χ0n) is 9.81. The third-order valence-electron chi connectivity index (χ3n) is 2.68. The molecule has 2 aromatic rings. The molecule has 0 amide bonds. The topological polar surface area (TPSA) is 40.2 Å². The minimum atomic E-state index is 0.177. The van der Waals surface area contributed by atoms with Crippen molar-refractivity contribution in [3.8, 4) is 0 Å². The van der Waals surface area contributed by atoms with Crippen molar-refractivity contribution < 1.29 is 4.74 Å². The van der Waals surface area contributed by atoms with E-state index in [-0.39, 0.29) is 6.04 Å². The lowest BCUT2D eigenvalue weighted by Crippen LogP contribution is -2.18. The standard InChI is InChI=1S/C13H18N2O/c1-10(14)8-12-5-3-4-11-6-7-15(9-16-2)13(11)12/h3-7,10H,8-9,14H2,1-2H3. The number of hydrogen-bond acceptors (Lipinski definition) is 2. The van der Waals surface area contributed by atoms with Gasteiger partial charge in [-0.2, -0.15) is 0 Å². The Morgan fingerprint density at radius 3 is 2.88 bits per heavy atom. The summed E-state index contributed by atoms with van der Waals surface area (Å²) in [7, 11) is 1.71. The van der Waals surface area contributed by atoms with Gasteiger partial charge < -0.3 is 15.0 Å². The summed E-state index contributed by atoms with van der Waals surface area (Å²) in [6, 6.07) is 8.62. The van der Waals surface area contributed by atoms with Crippen LogP contribution in [-0.4, -0.2) is 17.7 Å². The van der Waals surface area contributed by atoms with E-state index in [1.165, 1.54) is 16.5 Å². The van der Waals surface area contributed by atoms with Gasteiger partial charge in [0.15, 0.2) is 0 Å². The van der Waals surface area contributed by atoms with Crippen LogP contribution in [0.25, 0.3) is 10.9 Å². The van der Waals surface area contributed by atoms with Crippen molar-refractivity contribution in [1.82, 2.24) is 4.57 Å². The van der Waals surface area contributed by atoms with Crippen LogP contribution in [0.4, 0.5) is 0 Å². The highest BCUT2D eigenvalue weighted by atomic mass is 16.5. The maximum atomic E-state index is 5.87. The number of fused-ring (bicyclic) bond motifs is 1. The van der Waals surface area contributed by atoms with Gasteiger partial charge in [-0.3, -0.25) is 0 Å². The Labute approximate surface area is 95.8 Å². The molecule has 2 rings (SSSR count). The molecule has 3 nitrogen and oxygen atoms in total. The molecular weight excluding hydrogens is 200 g/mol. The smallest absolute Gasteiger partial charge is 0.122 e. The first-order valence-electron chi connectivity index (χ1n) is 5.53. The fourth-order valence-electron chi connectivity index (χ4n) is 2.10. The number of benzene rings is 1. The lowest BCUT2D eigenvalue weighted by Gasteiger charge is -2.10. The molecule has 1 unspecified atom stereocenters. The summed E-state index contributed by atoms with van der Waals surface area (Å²) < 4.78 is 7.30. The second kappa shape index (κ2) is 4.68. The first kappa shape index (κ1) is 11.2. The molecule has 86 valence electrons. The first-order valence-corrected chi connectivity index (χ1v) is 5.53. The van der Waals surface area contributed by atoms with Crippen LogP contribution in [-0.2, 0) is 17.9 Å². The lowest BCUT2D eigenvalue weighted by atomic mass is 10.0. The molecule has 1 aromatic carbocycles. The van der Waals surface area contributed by atoms with Crippen LogP contribution in [0.15, 0.2) is 30.5 Å². The van der Waals surface area contributed by atoms with Gasteiger partial charge in [0.1, 0.15) is 6.73 Å². The van der Waals surface area contributed by atoms with E-state index in [9.17, 15) is 0 Å². The van der Waals surface area contributed by atoms with Crippen molar-refractivity contribution in [2.45, 2.75) is 26.1 Å². The molecule has 2 N–H and O–H groups in total. The predicted octanol–water partition coefficient (Wildman–Crippen LogP) is 2.13. The molecule has 0 aliphatic carbocycles. The third-order valence-corrected chi connectivity index (χ3v) is 2.68. The van der Waals surface area contributed by atoms with Gasteiger partial charge in [0.25, 0.3) is 0 Å². The van der Waals surface area contributed by atoms with Crippen LogP contribution in [0.2, 0.25) is 0 Å². The zero-order valence-corrected chi connectivity index (χ0v) is 9.81. The zero-order chi connectivity index (χ0) is 11.5. The average molecular weight is 218 g/mol. The molecule has 0 aliphatic heterocycles. The fourth-order valence-corrected chi connectivity index (χ4v) is 2.10. The summed E-state index contributed by atoms with van der Waals surface area (Å²) in [5.74, 6) is 0. The van der Waals surface area contributed by atoms with E-state index in [4.69, 9.17) is 10.5 Å². The van der Waals surface area contributed by atoms with Crippen LogP contribution in [0.1, 0.15) is 12.5 Å². The molecule has 1 aromatic heterocycles. The van der Waals surface area contributed by atoms with Crippen molar-refractivity contribution in [2.24, 2.45) is 5.73 Å². The Morgan fingerprint density at radius 2 is 2.19 bits per heavy atom. The molecule has 0 bridgehead atoms. The highest BCUT2D eigenvalue weighted by Gasteiger charge is 2.07. The highest BCUT2D eigenvalue weighted by Crippen LogP contribution is 2.21. The van der Waals surface area contributed by atoms with E-state index in [1.807, 2.05) is 6.92 Å². The summed E-state index contributed by atoms with van der Waals surface area (Å²) in [4.78, 5) is 0. The number of methoxy groups -OCH3 is 1. The molecular formula is C13H18N2O. The Hall–Kier alpha value is -1.32. The van der Waals surface area contributed by atoms with Crippen LogP contribution < -0.4 is 5.73 Å². The van der Waals surface area contributed by atoms with E-state index >= 15 is 0 Å². The summed E-state index contributed by atoms with van der Waals surface area (Å²) >= 11 is 0. The number of nitrogens with zero attached hydrogens (tertiary/aromatic N) is 1. The summed E-state index contributed by atoms with van der Waals surface area (Å²) in [5, 5.41) is 1.25.